The van der Waals surface area contributed by atoms with Gasteiger partial charge < -0.3 is 0 Å². The summed E-state index contributed by atoms with van der Waals surface area (Å²) in [7, 11) is 0. The summed E-state index contributed by atoms with van der Waals surface area (Å²) in [5, 5.41) is 57.0. The molecule has 0 saturated carbocycles. The first kappa shape index (κ1) is 33.6. The van der Waals surface area contributed by atoms with Gasteiger partial charge in [-0.2, -0.15) is 10.2 Å². The molecular formula is C28H36N6O8. The summed E-state index contributed by atoms with van der Waals surface area (Å²) in [6.07, 6.45) is 0. The lowest BCUT2D eigenvalue weighted by Gasteiger charge is -2.23. The number of nitrogens with zero attached hydrogens (tertiary/aromatic N) is 6. The SMILES string of the molecule is CC(=N/N=C(\C)c1c(C)c([N+](=O)[O-])c(C(C)(C)C)c([N+](=O)[O-])c1C)c1c(C)c([N+](=O)[O-])c(C(C)(C)C)c([N+](=O)[O-])c1C. The highest BCUT2D eigenvalue weighted by molar-refractivity contribution is 6.06. The molecule has 0 atom stereocenters. The van der Waals surface area contributed by atoms with Crippen LogP contribution in [-0.4, -0.2) is 31.1 Å². The Hall–Kier alpha value is -4.62. The zero-order chi connectivity index (χ0) is 32.8. The Morgan fingerprint density at radius 2 is 0.690 bits per heavy atom. The Balaban J connectivity index is 3.01. The van der Waals surface area contributed by atoms with E-state index in [1.807, 2.05) is 0 Å². The van der Waals surface area contributed by atoms with Crippen molar-refractivity contribution in [2.75, 3.05) is 0 Å². The maximum atomic E-state index is 12.2. The normalized spacial score (nSPS) is 12.9. The first-order valence-corrected chi connectivity index (χ1v) is 13.0. The molecule has 0 aromatic heterocycles. The van der Waals surface area contributed by atoms with E-state index >= 15 is 0 Å². The smallest absolute Gasteiger partial charge is 0.258 e. The lowest BCUT2D eigenvalue weighted by Crippen LogP contribution is -2.21. The molecule has 0 radical (unpaired) electrons. The predicted molar refractivity (Wildman–Crippen MR) is 160 cm³/mol. The van der Waals surface area contributed by atoms with Crippen molar-refractivity contribution in [3.05, 3.63) is 85.0 Å². The van der Waals surface area contributed by atoms with Gasteiger partial charge in [-0.1, -0.05) is 41.5 Å². The highest BCUT2D eigenvalue weighted by Gasteiger charge is 2.41. The zero-order valence-corrected chi connectivity index (χ0v) is 25.9. The van der Waals surface area contributed by atoms with Gasteiger partial charge in [0.25, 0.3) is 22.7 Å². The van der Waals surface area contributed by atoms with Crippen molar-refractivity contribution in [3.8, 4) is 0 Å². The van der Waals surface area contributed by atoms with Crippen LogP contribution < -0.4 is 0 Å². The van der Waals surface area contributed by atoms with Crippen molar-refractivity contribution >= 4 is 34.2 Å². The Bertz CT molecular complexity index is 1410. The molecule has 0 spiro atoms. The second kappa shape index (κ2) is 11.3. The fraction of sp³-hybridized carbons (Fsp3) is 0.500. The average molecular weight is 585 g/mol. The number of nitro groups is 4. The largest absolute Gasteiger partial charge is 0.283 e. The lowest BCUT2D eigenvalue weighted by atomic mass is 9.79. The van der Waals surface area contributed by atoms with Crippen LogP contribution in [0.1, 0.15) is 99.9 Å². The molecule has 2 rings (SSSR count). The highest BCUT2D eigenvalue weighted by Crippen LogP contribution is 2.46. The lowest BCUT2D eigenvalue weighted by molar-refractivity contribution is -0.397. The summed E-state index contributed by atoms with van der Waals surface area (Å²) >= 11 is 0. The van der Waals surface area contributed by atoms with E-state index in [0.29, 0.717) is 0 Å². The van der Waals surface area contributed by atoms with Crippen molar-refractivity contribution in [2.45, 2.75) is 93.9 Å². The fourth-order valence-corrected chi connectivity index (χ4v) is 5.68. The fourth-order valence-electron chi connectivity index (χ4n) is 5.68. The van der Waals surface area contributed by atoms with Gasteiger partial charge in [0.05, 0.1) is 31.1 Å². The predicted octanol–water partition coefficient (Wildman–Crippen LogP) is 7.38. The molecule has 226 valence electrons. The third kappa shape index (κ3) is 5.87. The molecule has 2 aromatic carbocycles. The van der Waals surface area contributed by atoms with Crippen molar-refractivity contribution < 1.29 is 19.7 Å². The van der Waals surface area contributed by atoms with Crippen LogP contribution in [0, 0.1) is 68.2 Å². The van der Waals surface area contributed by atoms with Gasteiger partial charge in [-0.3, -0.25) is 40.5 Å². The van der Waals surface area contributed by atoms with Crippen LogP contribution in [0.4, 0.5) is 22.7 Å². The topological polar surface area (TPSA) is 197 Å². The van der Waals surface area contributed by atoms with E-state index in [9.17, 15) is 40.5 Å². The summed E-state index contributed by atoms with van der Waals surface area (Å²) in [5.74, 6) is 0. The van der Waals surface area contributed by atoms with Gasteiger partial charge in [-0.25, -0.2) is 0 Å². The summed E-state index contributed by atoms with van der Waals surface area (Å²) in [6.45, 7) is 18.9. The van der Waals surface area contributed by atoms with Gasteiger partial charge in [-0.05, 0) is 41.5 Å². The molecule has 0 bridgehead atoms. The first-order chi connectivity index (χ1) is 19.0. The van der Waals surface area contributed by atoms with Crippen molar-refractivity contribution in [2.24, 2.45) is 10.2 Å². The van der Waals surface area contributed by atoms with E-state index in [4.69, 9.17) is 0 Å². The summed E-state index contributed by atoms with van der Waals surface area (Å²) in [5.41, 5.74) is -2.10. The Labute approximate surface area is 243 Å². The molecule has 0 saturated heterocycles. The molecule has 0 fully saturated rings. The molecular weight excluding hydrogens is 548 g/mol. The molecule has 42 heavy (non-hydrogen) atoms. The van der Waals surface area contributed by atoms with E-state index < -0.39 is 30.5 Å². The number of rotatable bonds is 7. The van der Waals surface area contributed by atoms with Crippen LogP contribution in [0.2, 0.25) is 0 Å². The Morgan fingerprint density at radius 1 is 0.500 bits per heavy atom. The molecule has 0 aliphatic heterocycles. The van der Waals surface area contributed by atoms with Gasteiger partial charge in [-0.15, -0.1) is 0 Å². The van der Waals surface area contributed by atoms with Gasteiger partial charge in [0.2, 0.25) is 0 Å². The highest BCUT2D eigenvalue weighted by atomic mass is 16.6. The molecule has 2 aromatic rings. The maximum Gasteiger partial charge on any atom is 0.283 e. The van der Waals surface area contributed by atoms with Crippen molar-refractivity contribution in [3.63, 3.8) is 0 Å². The van der Waals surface area contributed by atoms with E-state index in [1.165, 1.54) is 41.5 Å². The number of benzene rings is 2. The summed E-state index contributed by atoms with van der Waals surface area (Å²) < 4.78 is 0. The average Bonchev–Trinajstić information content (AvgIpc) is 2.79. The Kier molecular flexibility index (Phi) is 9.07. The van der Waals surface area contributed by atoms with Crippen LogP contribution in [-0.2, 0) is 10.8 Å². The van der Waals surface area contributed by atoms with Crippen molar-refractivity contribution in [1.29, 1.82) is 0 Å². The molecule has 0 N–H and O–H groups in total. The summed E-state index contributed by atoms with van der Waals surface area (Å²) in [4.78, 5) is 46.0. The quantitative estimate of drug-likeness (QED) is 0.182. The number of hydrogen-bond donors (Lipinski definition) is 0. The molecule has 0 aliphatic carbocycles. The second-order valence-corrected chi connectivity index (χ2v) is 12.3. The monoisotopic (exact) mass is 584 g/mol. The van der Waals surface area contributed by atoms with E-state index in [1.54, 1.807) is 41.5 Å². The minimum absolute atomic E-state index is 0.00598. The summed E-state index contributed by atoms with van der Waals surface area (Å²) in [6, 6.07) is 0. The van der Waals surface area contributed by atoms with Crippen LogP contribution in [0.25, 0.3) is 0 Å². The molecule has 0 aliphatic rings. The number of nitro benzene ring substituents is 4. The first-order valence-electron chi connectivity index (χ1n) is 13.0. The minimum Gasteiger partial charge on any atom is -0.258 e. The van der Waals surface area contributed by atoms with Crippen molar-refractivity contribution in [1.82, 2.24) is 0 Å². The molecule has 0 amide bonds. The van der Waals surface area contributed by atoms with Gasteiger partial charge in [0, 0.05) is 44.2 Å². The zero-order valence-electron chi connectivity index (χ0n) is 25.9. The van der Waals surface area contributed by atoms with Gasteiger partial charge in [0.15, 0.2) is 0 Å². The van der Waals surface area contributed by atoms with Crippen LogP contribution in [0.5, 0.6) is 0 Å². The minimum atomic E-state index is -0.920. The third-order valence-corrected chi connectivity index (χ3v) is 7.17. The third-order valence-electron chi connectivity index (χ3n) is 7.17. The van der Waals surface area contributed by atoms with Crippen LogP contribution in [0.15, 0.2) is 10.2 Å². The molecule has 0 unspecified atom stereocenters. The standard InChI is InChI=1S/C28H36N6O8/c1-13-19(14(2)24(32(37)38)21(27(7,8)9)23(13)31(35)36)17(5)29-30-18(6)20-15(3)25(33(39)40)22(28(10,11)12)26(16(20)4)34(41)42/h1-12H3/b29-17+,30-18?. The van der Waals surface area contributed by atoms with Gasteiger partial charge >= 0.3 is 0 Å². The van der Waals surface area contributed by atoms with Crippen LogP contribution in [0.3, 0.4) is 0 Å². The molecule has 14 heteroatoms. The van der Waals surface area contributed by atoms with E-state index in [0.717, 1.165) is 0 Å². The second-order valence-electron chi connectivity index (χ2n) is 12.3. The van der Waals surface area contributed by atoms with Gasteiger partial charge in [0.1, 0.15) is 11.1 Å². The van der Waals surface area contributed by atoms with E-state index in [2.05, 4.69) is 10.2 Å². The van der Waals surface area contributed by atoms with E-state index in [-0.39, 0.29) is 78.7 Å². The molecule has 14 nitrogen and oxygen atoms in total. The maximum absolute atomic E-state index is 12.2. The number of hydrogen-bond acceptors (Lipinski definition) is 10. The Morgan fingerprint density at radius 3 is 0.833 bits per heavy atom. The van der Waals surface area contributed by atoms with Crippen LogP contribution >= 0.6 is 0 Å². The molecule has 0 heterocycles.